The van der Waals surface area contributed by atoms with Crippen LogP contribution in [-0.4, -0.2) is 48.7 Å². The average Bonchev–Trinajstić information content (AvgIpc) is 2.42. The summed E-state index contributed by atoms with van der Waals surface area (Å²) in [4.78, 5) is -0.0805. The number of benzene rings is 1. The summed E-state index contributed by atoms with van der Waals surface area (Å²) in [5.41, 5.74) is 0.361. The van der Waals surface area contributed by atoms with Crippen molar-refractivity contribution in [3.8, 4) is 0 Å². The van der Waals surface area contributed by atoms with E-state index in [9.17, 15) is 16.8 Å². The van der Waals surface area contributed by atoms with E-state index in [0.717, 1.165) is 12.0 Å². The first-order valence-corrected chi connectivity index (χ1v) is 11.0. The summed E-state index contributed by atoms with van der Waals surface area (Å²) >= 11 is 1.64. The topological polar surface area (TPSA) is 92.3 Å². The molecule has 120 valence electrons. The molecule has 6 nitrogen and oxygen atoms in total. The Balaban J connectivity index is 3.14. The summed E-state index contributed by atoms with van der Waals surface area (Å²) in [6.07, 6.45) is 3.70. The molecule has 9 heteroatoms. The fourth-order valence-electron chi connectivity index (χ4n) is 1.66. The molecular formula is C12H20N2O4S3. The molecule has 0 saturated carbocycles. The Morgan fingerprint density at radius 3 is 2.38 bits per heavy atom. The van der Waals surface area contributed by atoms with Crippen LogP contribution in [0.5, 0.6) is 0 Å². The molecule has 0 radical (unpaired) electrons. The smallest absolute Gasteiger partial charge is 0.242 e. The molecule has 1 rings (SSSR count). The standard InChI is InChI=1S/C12H20N2O4S3/c1-13-11-6-5-10(20(3,15)16)9-12(11)21(17,18)14-7-4-8-19-2/h5-6,9,13-14H,4,7-8H2,1-3H3. The maximum atomic E-state index is 12.3. The molecular weight excluding hydrogens is 332 g/mol. The zero-order valence-electron chi connectivity index (χ0n) is 12.2. The van der Waals surface area contributed by atoms with Crippen LogP contribution in [-0.2, 0) is 19.9 Å². The zero-order valence-corrected chi connectivity index (χ0v) is 14.7. The van der Waals surface area contributed by atoms with Crippen molar-refractivity contribution in [3.05, 3.63) is 18.2 Å². The maximum Gasteiger partial charge on any atom is 0.242 e. The van der Waals surface area contributed by atoms with Gasteiger partial charge in [-0.1, -0.05) is 0 Å². The fraction of sp³-hybridized carbons (Fsp3) is 0.500. The second-order valence-corrected chi connectivity index (χ2v) is 9.16. The lowest BCUT2D eigenvalue weighted by molar-refractivity contribution is 0.581. The number of anilines is 1. The highest BCUT2D eigenvalue weighted by Gasteiger charge is 2.20. The van der Waals surface area contributed by atoms with Gasteiger partial charge in [0.1, 0.15) is 4.90 Å². The summed E-state index contributed by atoms with van der Waals surface area (Å²) in [6, 6.07) is 4.01. The van der Waals surface area contributed by atoms with E-state index in [0.29, 0.717) is 18.7 Å². The van der Waals surface area contributed by atoms with E-state index in [2.05, 4.69) is 10.0 Å². The summed E-state index contributed by atoms with van der Waals surface area (Å²) in [5.74, 6) is 0.852. The van der Waals surface area contributed by atoms with Crippen molar-refractivity contribution in [3.63, 3.8) is 0 Å². The Labute approximate surface area is 130 Å². The molecule has 0 aromatic heterocycles. The van der Waals surface area contributed by atoms with E-state index in [1.165, 1.54) is 18.2 Å². The molecule has 0 heterocycles. The Morgan fingerprint density at radius 1 is 1.19 bits per heavy atom. The highest BCUT2D eigenvalue weighted by molar-refractivity contribution is 7.98. The monoisotopic (exact) mass is 352 g/mol. The summed E-state index contributed by atoms with van der Waals surface area (Å²) < 4.78 is 50.2. The highest BCUT2D eigenvalue weighted by atomic mass is 32.2. The third-order valence-electron chi connectivity index (χ3n) is 2.76. The summed E-state index contributed by atoms with van der Waals surface area (Å²) in [7, 11) is -5.63. The molecule has 0 saturated heterocycles. The van der Waals surface area contributed by atoms with Gasteiger partial charge in [-0.3, -0.25) is 0 Å². The molecule has 0 unspecified atom stereocenters. The SMILES string of the molecule is CNc1ccc(S(C)(=O)=O)cc1S(=O)(=O)NCCCSC. The number of sulfone groups is 1. The van der Waals surface area contributed by atoms with Gasteiger partial charge in [0.25, 0.3) is 0 Å². The quantitative estimate of drug-likeness (QED) is 0.682. The minimum Gasteiger partial charge on any atom is -0.387 e. The largest absolute Gasteiger partial charge is 0.387 e. The summed E-state index contributed by atoms with van der Waals surface area (Å²) in [5, 5.41) is 2.76. The van der Waals surface area contributed by atoms with E-state index in [1.54, 1.807) is 18.8 Å². The fourth-order valence-corrected chi connectivity index (χ4v) is 4.13. The summed E-state index contributed by atoms with van der Waals surface area (Å²) in [6.45, 7) is 0.315. The van der Waals surface area contributed by atoms with E-state index < -0.39 is 19.9 Å². The van der Waals surface area contributed by atoms with Crippen molar-refractivity contribution in [2.24, 2.45) is 0 Å². The Bertz CT molecular complexity index is 684. The van der Waals surface area contributed by atoms with Crippen LogP contribution in [0.3, 0.4) is 0 Å². The first-order valence-electron chi connectivity index (χ1n) is 6.23. The van der Waals surface area contributed by atoms with Gasteiger partial charge >= 0.3 is 0 Å². The molecule has 0 fully saturated rings. The number of hydrogen-bond acceptors (Lipinski definition) is 6. The number of rotatable bonds is 8. The van der Waals surface area contributed by atoms with E-state index >= 15 is 0 Å². The number of hydrogen-bond donors (Lipinski definition) is 2. The lowest BCUT2D eigenvalue weighted by Gasteiger charge is -2.12. The molecule has 0 atom stereocenters. The maximum absolute atomic E-state index is 12.3. The van der Waals surface area contributed by atoms with Crippen molar-refractivity contribution in [1.82, 2.24) is 4.72 Å². The van der Waals surface area contributed by atoms with Gasteiger partial charge in [0.05, 0.1) is 10.6 Å². The predicted molar refractivity (Wildman–Crippen MR) is 87.3 cm³/mol. The van der Waals surface area contributed by atoms with E-state index in [1.807, 2.05) is 6.26 Å². The Hall–Kier alpha value is -0.770. The van der Waals surface area contributed by atoms with Crippen molar-refractivity contribution < 1.29 is 16.8 Å². The third-order valence-corrected chi connectivity index (χ3v) is 6.07. The minimum atomic E-state index is -3.75. The Morgan fingerprint density at radius 2 is 1.86 bits per heavy atom. The van der Waals surface area contributed by atoms with Crippen molar-refractivity contribution >= 4 is 37.3 Å². The molecule has 0 aliphatic rings. The highest BCUT2D eigenvalue weighted by Crippen LogP contribution is 2.24. The second kappa shape index (κ2) is 7.48. The normalized spacial score (nSPS) is 12.3. The van der Waals surface area contributed by atoms with Gasteiger partial charge in [0, 0.05) is 19.8 Å². The van der Waals surface area contributed by atoms with E-state index in [4.69, 9.17) is 0 Å². The second-order valence-electron chi connectivity index (χ2n) is 4.42. The van der Waals surface area contributed by atoms with E-state index in [-0.39, 0.29) is 9.79 Å². The first-order chi connectivity index (χ1) is 9.72. The van der Waals surface area contributed by atoms with Gasteiger partial charge in [-0.15, -0.1) is 0 Å². The van der Waals surface area contributed by atoms with Crippen LogP contribution in [0.1, 0.15) is 6.42 Å². The van der Waals surface area contributed by atoms with Crippen molar-refractivity contribution in [2.45, 2.75) is 16.2 Å². The lowest BCUT2D eigenvalue weighted by atomic mass is 10.3. The van der Waals surface area contributed by atoms with Crippen LogP contribution >= 0.6 is 11.8 Å². The van der Waals surface area contributed by atoms with Gasteiger partial charge < -0.3 is 5.32 Å². The van der Waals surface area contributed by atoms with Crippen LogP contribution in [0, 0.1) is 0 Å². The average molecular weight is 353 g/mol. The molecule has 21 heavy (non-hydrogen) atoms. The molecule has 0 amide bonds. The number of sulfonamides is 1. The molecule has 2 N–H and O–H groups in total. The van der Waals surface area contributed by atoms with Gasteiger partial charge in [0.15, 0.2) is 9.84 Å². The van der Waals surface area contributed by atoms with Crippen molar-refractivity contribution in [2.75, 3.05) is 37.2 Å². The molecule has 0 spiro atoms. The minimum absolute atomic E-state index is 0.0222. The number of thioether (sulfide) groups is 1. The molecule has 0 aliphatic heterocycles. The van der Waals surface area contributed by atoms with Gasteiger partial charge in [-0.2, -0.15) is 11.8 Å². The van der Waals surface area contributed by atoms with Gasteiger partial charge in [0.2, 0.25) is 10.0 Å². The molecule has 1 aromatic rings. The third kappa shape index (κ3) is 5.17. The Kier molecular flexibility index (Phi) is 6.51. The van der Waals surface area contributed by atoms with Crippen LogP contribution in [0.4, 0.5) is 5.69 Å². The lowest BCUT2D eigenvalue weighted by Crippen LogP contribution is -2.26. The van der Waals surface area contributed by atoms with Crippen LogP contribution in [0.2, 0.25) is 0 Å². The molecule has 1 aromatic carbocycles. The number of nitrogens with one attached hydrogen (secondary N) is 2. The van der Waals surface area contributed by atoms with Gasteiger partial charge in [-0.25, -0.2) is 21.6 Å². The van der Waals surface area contributed by atoms with Crippen LogP contribution in [0.15, 0.2) is 28.0 Å². The zero-order chi connectivity index (χ0) is 16.1. The first kappa shape index (κ1) is 18.3. The van der Waals surface area contributed by atoms with Crippen molar-refractivity contribution in [1.29, 1.82) is 0 Å². The van der Waals surface area contributed by atoms with Gasteiger partial charge in [-0.05, 0) is 36.6 Å². The predicted octanol–water partition coefficient (Wildman–Crippen LogP) is 1.16. The molecule has 0 aliphatic carbocycles. The van der Waals surface area contributed by atoms with Crippen LogP contribution < -0.4 is 10.0 Å². The van der Waals surface area contributed by atoms with Crippen LogP contribution in [0.25, 0.3) is 0 Å². The molecule has 0 bridgehead atoms.